The van der Waals surface area contributed by atoms with Gasteiger partial charge in [-0.3, -0.25) is 0 Å². The Bertz CT molecular complexity index is 553. The first-order valence-corrected chi connectivity index (χ1v) is 10.1. The Morgan fingerprint density at radius 3 is 1.75 bits per heavy atom. The van der Waals surface area contributed by atoms with Crippen LogP contribution in [0, 0.1) is 0 Å². The molecule has 2 aromatic carbocycles. The fourth-order valence-electron chi connectivity index (χ4n) is 2.33. The zero-order valence-corrected chi connectivity index (χ0v) is 13.3. The Morgan fingerprint density at radius 1 is 1.00 bits per heavy atom. The molecule has 0 aliphatic rings. The molecule has 0 unspecified atom stereocenters. The fraction of sp³-hybridized carbons (Fsp3) is 0.188. The van der Waals surface area contributed by atoms with Crippen molar-refractivity contribution < 1.29 is 9.53 Å². The minimum absolute atomic E-state index is 0.192. The molecule has 0 fully saturated rings. The van der Waals surface area contributed by atoms with Crippen molar-refractivity contribution in [3.05, 3.63) is 60.7 Å². The number of rotatable bonds is 4. The predicted molar refractivity (Wildman–Crippen MR) is 87.7 cm³/mol. The van der Waals surface area contributed by atoms with Crippen LogP contribution in [-0.4, -0.2) is 25.9 Å². The second kappa shape index (κ2) is 5.55. The van der Waals surface area contributed by atoms with Gasteiger partial charge in [0.1, 0.15) is 0 Å². The van der Waals surface area contributed by atoms with Gasteiger partial charge in [0.15, 0.2) is 0 Å². The molecule has 0 radical (unpaired) electrons. The summed E-state index contributed by atoms with van der Waals surface area (Å²) in [6, 6.07) is 19.6. The Balaban J connectivity index is 2.63. The third kappa shape index (κ3) is 2.72. The first-order valence-electron chi connectivity index (χ1n) is 6.37. The standard InChI is InChI=1S/C16H18ClO2P/c1-19-16(18)13-20(2,17,14-9-5-3-6-10-14)15-11-7-4-8-12-15/h3-12H,13H2,1-2H3. The van der Waals surface area contributed by atoms with Crippen LogP contribution >= 0.6 is 17.2 Å². The van der Waals surface area contributed by atoms with Gasteiger partial charge in [-0.15, -0.1) is 0 Å². The Labute approximate surface area is 124 Å². The fourth-order valence-corrected chi connectivity index (χ4v) is 6.59. The van der Waals surface area contributed by atoms with E-state index in [1.165, 1.54) is 7.11 Å². The number of hydrogen-bond acceptors (Lipinski definition) is 2. The van der Waals surface area contributed by atoms with Gasteiger partial charge >= 0.3 is 124 Å². The van der Waals surface area contributed by atoms with Gasteiger partial charge in [-0.25, -0.2) is 0 Å². The monoisotopic (exact) mass is 308 g/mol. The molecule has 0 bridgehead atoms. The van der Waals surface area contributed by atoms with Crippen LogP contribution in [0.25, 0.3) is 0 Å². The van der Waals surface area contributed by atoms with Gasteiger partial charge in [0.2, 0.25) is 0 Å². The van der Waals surface area contributed by atoms with E-state index < -0.39 is 5.96 Å². The Hall–Kier alpha value is -1.37. The zero-order valence-electron chi connectivity index (χ0n) is 11.6. The molecule has 2 nitrogen and oxygen atoms in total. The van der Waals surface area contributed by atoms with E-state index in [0.717, 1.165) is 10.6 Å². The molecule has 0 N–H and O–H groups in total. The molecule has 0 amide bonds. The first-order chi connectivity index (χ1) is 9.46. The summed E-state index contributed by atoms with van der Waals surface area (Å²) in [5.74, 6) is -3.36. The second-order valence-electron chi connectivity index (χ2n) is 5.05. The van der Waals surface area contributed by atoms with Crippen LogP contribution < -0.4 is 10.6 Å². The van der Waals surface area contributed by atoms with Gasteiger partial charge in [-0.05, 0) is 0 Å². The van der Waals surface area contributed by atoms with Crippen molar-refractivity contribution in [2.24, 2.45) is 0 Å². The number of methoxy groups -OCH3 is 1. The third-order valence-electron chi connectivity index (χ3n) is 3.58. The molecule has 0 aliphatic carbocycles. The van der Waals surface area contributed by atoms with Gasteiger partial charge in [-0.1, -0.05) is 0 Å². The number of benzene rings is 2. The Kier molecular flexibility index (Phi) is 4.17. The van der Waals surface area contributed by atoms with Gasteiger partial charge in [0.05, 0.1) is 0 Å². The number of ether oxygens (including phenoxy) is 1. The van der Waals surface area contributed by atoms with E-state index in [0.29, 0.717) is 0 Å². The van der Waals surface area contributed by atoms with Crippen LogP contribution in [0.15, 0.2) is 60.7 Å². The van der Waals surface area contributed by atoms with E-state index in [1.54, 1.807) is 0 Å². The van der Waals surface area contributed by atoms with Crippen molar-refractivity contribution in [1.82, 2.24) is 0 Å². The van der Waals surface area contributed by atoms with Crippen molar-refractivity contribution >= 4 is 33.8 Å². The molecule has 4 heteroatoms. The van der Waals surface area contributed by atoms with Crippen LogP contribution in [-0.2, 0) is 9.53 Å². The van der Waals surface area contributed by atoms with Crippen molar-refractivity contribution in [2.75, 3.05) is 19.9 Å². The van der Waals surface area contributed by atoms with Gasteiger partial charge < -0.3 is 0 Å². The van der Waals surface area contributed by atoms with Crippen LogP contribution in [0.3, 0.4) is 0 Å². The quantitative estimate of drug-likeness (QED) is 0.641. The SMILES string of the molecule is COC(=O)CP(C)(Cl)(c1ccccc1)c1ccccc1. The summed E-state index contributed by atoms with van der Waals surface area (Å²) in [5.41, 5.74) is 0. The molecular formula is C16H18ClO2P. The molecule has 0 aromatic heterocycles. The van der Waals surface area contributed by atoms with Crippen LogP contribution in [0.5, 0.6) is 0 Å². The zero-order chi connectivity index (χ0) is 14.7. The van der Waals surface area contributed by atoms with Crippen molar-refractivity contribution in [2.45, 2.75) is 0 Å². The maximum absolute atomic E-state index is 11.9. The van der Waals surface area contributed by atoms with Crippen molar-refractivity contribution in [1.29, 1.82) is 0 Å². The van der Waals surface area contributed by atoms with Crippen molar-refractivity contribution in [3.63, 3.8) is 0 Å². The topological polar surface area (TPSA) is 26.3 Å². The summed E-state index contributed by atoms with van der Waals surface area (Å²) in [4.78, 5) is 11.9. The Morgan fingerprint density at radius 2 is 1.40 bits per heavy atom. The van der Waals surface area contributed by atoms with E-state index >= 15 is 0 Å². The number of carbonyl (C=O) groups excluding carboxylic acids is 1. The molecule has 0 saturated heterocycles. The van der Waals surface area contributed by atoms with Crippen LogP contribution in [0.2, 0.25) is 0 Å². The molecule has 0 saturated carbocycles. The van der Waals surface area contributed by atoms with Gasteiger partial charge in [-0.2, -0.15) is 0 Å². The third-order valence-corrected chi connectivity index (χ3v) is 9.39. The van der Waals surface area contributed by atoms with E-state index in [-0.39, 0.29) is 12.1 Å². The molecule has 0 atom stereocenters. The summed E-state index contributed by atoms with van der Waals surface area (Å²) in [7, 11) is 1.39. The normalized spacial score (nSPS) is 13.2. The second-order valence-corrected chi connectivity index (χ2v) is 12.4. The number of hydrogen-bond donors (Lipinski definition) is 0. The minimum atomic E-state index is -3.08. The molecule has 0 heterocycles. The summed E-state index contributed by atoms with van der Waals surface area (Å²) < 4.78 is 4.86. The van der Waals surface area contributed by atoms with Crippen LogP contribution in [0.1, 0.15) is 0 Å². The summed E-state index contributed by atoms with van der Waals surface area (Å²) in [6.45, 7) is 1.99. The van der Waals surface area contributed by atoms with Gasteiger partial charge in [0.25, 0.3) is 0 Å². The number of esters is 1. The first kappa shape index (κ1) is 15.0. The molecule has 2 aromatic rings. The predicted octanol–water partition coefficient (Wildman–Crippen LogP) is 3.15. The number of carbonyl (C=O) groups is 1. The van der Waals surface area contributed by atoms with E-state index in [2.05, 4.69) is 0 Å². The molecule has 2 rings (SSSR count). The summed E-state index contributed by atoms with van der Waals surface area (Å²) >= 11 is 7.15. The summed E-state index contributed by atoms with van der Waals surface area (Å²) in [6.07, 6.45) is 0.192. The van der Waals surface area contributed by atoms with Crippen molar-refractivity contribution in [3.8, 4) is 0 Å². The van der Waals surface area contributed by atoms with Gasteiger partial charge in [0, 0.05) is 0 Å². The molecule has 0 aliphatic heterocycles. The molecule has 0 spiro atoms. The van der Waals surface area contributed by atoms with E-state index in [4.69, 9.17) is 16.0 Å². The number of halogens is 1. The molecular weight excluding hydrogens is 291 g/mol. The summed E-state index contributed by atoms with van der Waals surface area (Å²) in [5, 5.41) is 1.99. The maximum atomic E-state index is 11.9. The van der Waals surface area contributed by atoms with E-state index in [1.807, 2.05) is 67.3 Å². The average molecular weight is 309 g/mol. The average Bonchev–Trinajstić information content (AvgIpc) is 2.49. The molecule has 106 valence electrons. The van der Waals surface area contributed by atoms with E-state index in [9.17, 15) is 4.79 Å². The van der Waals surface area contributed by atoms with Crippen LogP contribution in [0.4, 0.5) is 0 Å². The molecule has 20 heavy (non-hydrogen) atoms.